The Morgan fingerprint density at radius 2 is 1.29 bits per heavy atom. The summed E-state index contributed by atoms with van der Waals surface area (Å²) in [4.78, 5) is 10.3. The molecule has 3 aromatic heterocycles. The van der Waals surface area contributed by atoms with E-state index in [0.29, 0.717) is 5.82 Å². The summed E-state index contributed by atoms with van der Waals surface area (Å²) in [7, 11) is 0. The van der Waals surface area contributed by atoms with Gasteiger partial charge in [0.15, 0.2) is 11.4 Å². The van der Waals surface area contributed by atoms with E-state index in [4.69, 9.17) is 14.4 Å². The summed E-state index contributed by atoms with van der Waals surface area (Å²) in [5.74, 6) is 0.696. The molecule has 0 bridgehead atoms. The Labute approximate surface area is 294 Å². The monoisotopic (exact) mass is 653 g/mol. The molecule has 11 rings (SSSR count). The molecule has 0 aliphatic heterocycles. The second kappa shape index (κ2) is 10.3. The van der Waals surface area contributed by atoms with Gasteiger partial charge in [-0.1, -0.05) is 135 Å². The van der Waals surface area contributed by atoms with Crippen LogP contribution in [-0.2, 0) is 5.41 Å². The Balaban J connectivity index is 1.25. The average molecular weight is 654 g/mol. The van der Waals surface area contributed by atoms with E-state index < -0.39 is 0 Å². The van der Waals surface area contributed by atoms with E-state index in [1.807, 2.05) is 12.1 Å². The van der Waals surface area contributed by atoms with E-state index in [9.17, 15) is 0 Å². The van der Waals surface area contributed by atoms with Crippen LogP contribution in [0.1, 0.15) is 25.0 Å². The molecule has 0 saturated heterocycles. The molecule has 0 unspecified atom stereocenters. The van der Waals surface area contributed by atoms with Crippen LogP contribution < -0.4 is 0 Å². The molecule has 1 aliphatic rings. The van der Waals surface area contributed by atoms with Gasteiger partial charge in [0.05, 0.1) is 22.2 Å². The first-order chi connectivity index (χ1) is 25.1. The van der Waals surface area contributed by atoms with Crippen molar-refractivity contribution in [2.75, 3.05) is 0 Å². The zero-order chi connectivity index (χ0) is 33.8. The third-order valence-corrected chi connectivity index (χ3v) is 10.9. The molecular weight excluding hydrogens is 623 g/mol. The molecule has 4 heteroatoms. The molecule has 1 aliphatic carbocycles. The van der Waals surface area contributed by atoms with Crippen LogP contribution in [0.2, 0.25) is 0 Å². The molecule has 4 nitrogen and oxygen atoms in total. The molecule has 0 N–H and O–H groups in total. The molecule has 0 radical (unpaired) electrons. The lowest BCUT2D eigenvalue weighted by Gasteiger charge is -2.23. The van der Waals surface area contributed by atoms with Gasteiger partial charge in [0.1, 0.15) is 5.58 Å². The first-order valence-corrected chi connectivity index (χ1v) is 17.5. The zero-order valence-corrected chi connectivity index (χ0v) is 28.2. The van der Waals surface area contributed by atoms with E-state index in [-0.39, 0.29) is 5.41 Å². The highest BCUT2D eigenvalue weighted by Crippen LogP contribution is 2.58. The first-order valence-electron chi connectivity index (χ1n) is 17.5. The van der Waals surface area contributed by atoms with Crippen molar-refractivity contribution >= 4 is 54.6 Å². The maximum Gasteiger partial charge on any atom is 0.160 e. The number of benzene rings is 7. The van der Waals surface area contributed by atoms with Gasteiger partial charge in [-0.25, -0.2) is 9.97 Å². The smallest absolute Gasteiger partial charge is 0.160 e. The molecule has 0 saturated carbocycles. The quantitative estimate of drug-likeness (QED) is 0.191. The van der Waals surface area contributed by atoms with E-state index in [1.165, 1.54) is 38.4 Å². The first kappa shape index (κ1) is 28.3. The number of nitrogens with zero attached hydrogens (tertiary/aromatic N) is 3. The van der Waals surface area contributed by atoms with Crippen molar-refractivity contribution in [3.8, 4) is 39.5 Å². The zero-order valence-electron chi connectivity index (χ0n) is 28.2. The molecule has 3 heterocycles. The van der Waals surface area contributed by atoms with E-state index in [2.05, 4.69) is 158 Å². The Bertz CT molecular complexity index is 3060. The van der Waals surface area contributed by atoms with Crippen molar-refractivity contribution in [1.29, 1.82) is 0 Å². The van der Waals surface area contributed by atoms with Gasteiger partial charge in [0.25, 0.3) is 0 Å². The average Bonchev–Trinajstić information content (AvgIpc) is 3.81. The van der Waals surface area contributed by atoms with Gasteiger partial charge in [0.2, 0.25) is 0 Å². The molecule has 51 heavy (non-hydrogen) atoms. The van der Waals surface area contributed by atoms with Crippen molar-refractivity contribution in [1.82, 2.24) is 14.5 Å². The molecule has 7 aromatic carbocycles. The van der Waals surface area contributed by atoms with Crippen LogP contribution in [0.3, 0.4) is 0 Å². The van der Waals surface area contributed by atoms with Gasteiger partial charge in [-0.05, 0) is 52.6 Å². The molecular formula is C47H31N3O. The second-order valence-corrected chi connectivity index (χ2v) is 14.1. The van der Waals surface area contributed by atoms with Crippen molar-refractivity contribution < 1.29 is 4.42 Å². The number of para-hydroxylation sites is 3. The third kappa shape index (κ3) is 3.85. The topological polar surface area (TPSA) is 43.9 Å². The van der Waals surface area contributed by atoms with Crippen LogP contribution in [0.5, 0.6) is 0 Å². The molecule has 0 spiro atoms. The lowest BCUT2D eigenvalue weighted by Crippen LogP contribution is -2.15. The normalized spacial score (nSPS) is 13.5. The number of fused-ring (bicyclic) bond motifs is 13. The van der Waals surface area contributed by atoms with Gasteiger partial charge in [-0.15, -0.1) is 0 Å². The standard InChI is InChI=1S/C47H31N3O/c1-47(2)35-23-10-6-19-31(35)39-40-34-22-9-13-26-38(34)51-45(40)44-41(42(39)47)33-21-8-12-25-37(33)50(44)30-18-14-17-29(27-30)46-48-36-24-11-7-20-32(36)43(49-46)28-15-4-3-5-16-28/h3-27H,1-2H3. The van der Waals surface area contributed by atoms with E-state index in [0.717, 1.165) is 61.0 Å². The van der Waals surface area contributed by atoms with Crippen LogP contribution in [0, 0.1) is 0 Å². The Kier molecular flexibility index (Phi) is 5.70. The molecule has 240 valence electrons. The van der Waals surface area contributed by atoms with Crippen molar-refractivity contribution in [3.05, 3.63) is 163 Å². The van der Waals surface area contributed by atoms with Crippen LogP contribution >= 0.6 is 0 Å². The Morgan fingerprint density at radius 3 is 2.18 bits per heavy atom. The summed E-state index contributed by atoms with van der Waals surface area (Å²) in [6.45, 7) is 4.75. The van der Waals surface area contributed by atoms with Crippen molar-refractivity contribution in [2.24, 2.45) is 0 Å². The second-order valence-electron chi connectivity index (χ2n) is 14.1. The van der Waals surface area contributed by atoms with Gasteiger partial charge < -0.3 is 8.98 Å². The number of furan rings is 1. The van der Waals surface area contributed by atoms with Gasteiger partial charge in [-0.2, -0.15) is 0 Å². The number of aromatic nitrogens is 3. The fourth-order valence-corrected chi connectivity index (χ4v) is 8.77. The van der Waals surface area contributed by atoms with E-state index >= 15 is 0 Å². The number of hydrogen-bond acceptors (Lipinski definition) is 3. The van der Waals surface area contributed by atoms with E-state index in [1.54, 1.807) is 0 Å². The molecule has 0 atom stereocenters. The van der Waals surface area contributed by atoms with Crippen LogP contribution in [0.4, 0.5) is 0 Å². The predicted octanol–water partition coefficient (Wildman–Crippen LogP) is 12.3. The summed E-state index contributed by atoms with van der Waals surface area (Å²) < 4.78 is 9.35. The van der Waals surface area contributed by atoms with Crippen molar-refractivity contribution in [3.63, 3.8) is 0 Å². The minimum absolute atomic E-state index is 0.222. The lowest BCUT2D eigenvalue weighted by molar-refractivity contribution is 0.663. The molecule has 0 fully saturated rings. The van der Waals surface area contributed by atoms with Crippen LogP contribution in [-0.4, -0.2) is 14.5 Å². The summed E-state index contributed by atoms with van der Waals surface area (Å²) in [5, 5.41) is 5.81. The minimum Gasteiger partial charge on any atom is -0.454 e. The van der Waals surface area contributed by atoms with Crippen molar-refractivity contribution in [2.45, 2.75) is 19.3 Å². The molecule has 10 aromatic rings. The van der Waals surface area contributed by atoms with Gasteiger partial charge in [0, 0.05) is 49.2 Å². The number of hydrogen-bond donors (Lipinski definition) is 0. The fraction of sp³-hybridized carbons (Fsp3) is 0.0638. The summed E-state index contributed by atoms with van der Waals surface area (Å²) >= 11 is 0. The van der Waals surface area contributed by atoms with Gasteiger partial charge in [-0.3, -0.25) is 0 Å². The highest BCUT2D eigenvalue weighted by atomic mass is 16.3. The third-order valence-electron chi connectivity index (χ3n) is 10.9. The Hall–Kier alpha value is -6.52. The fourth-order valence-electron chi connectivity index (χ4n) is 8.77. The number of rotatable bonds is 3. The lowest BCUT2D eigenvalue weighted by atomic mass is 9.80. The van der Waals surface area contributed by atoms with Crippen LogP contribution in [0.25, 0.3) is 94.1 Å². The maximum absolute atomic E-state index is 6.95. The highest BCUT2D eigenvalue weighted by Gasteiger charge is 2.41. The summed E-state index contributed by atoms with van der Waals surface area (Å²) in [6, 6.07) is 53.5. The SMILES string of the molecule is CC1(C)c2ccccc2-c2c1c1c3ccccc3n(-c3cccc(-c4nc(-c5ccccc5)c5ccccc5n4)c3)c1c1oc3ccccc3c21. The maximum atomic E-state index is 6.95. The minimum atomic E-state index is -0.222. The summed E-state index contributed by atoms with van der Waals surface area (Å²) in [5.41, 5.74) is 14.0. The molecule has 0 amide bonds. The van der Waals surface area contributed by atoms with Crippen LogP contribution in [0.15, 0.2) is 156 Å². The Morgan fingerprint density at radius 1 is 0.588 bits per heavy atom. The highest BCUT2D eigenvalue weighted by molar-refractivity contribution is 6.29. The largest absolute Gasteiger partial charge is 0.454 e. The predicted molar refractivity (Wildman–Crippen MR) is 210 cm³/mol. The summed E-state index contributed by atoms with van der Waals surface area (Å²) in [6.07, 6.45) is 0. The van der Waals surface area contributed by atoms with Gasteiger partial charge >= 0.3 is 0 Å².